The number of alkyl halides is 3. The van der Waals surface area contributed by atoms with Crippen LogP contribution in [0.25, 0.3) is 5.69 Å². The molecule has 1 heterocycles. The Kier molecular flexibility index (Phi) is 8.43. The zero-order valence-electron chi connectivity index (χ0n) is 18.9. The highest BCUT2D eigenvalue weighted by molar-refractivity contribution is 8.00. The molecule has 11 heteroatoms. The van der Waals surface area contributed by atoms with Gasteiger partial charge >= 0.3 is 6.18 Å². The molecule has 0 aliphatic rings. The van der Waals surface area contributed by atoms with Gasteiger partial charge in [0.25, 0.3) is 0 Å². The molecule has 1 aromatic heterocycles. The number of hydrogen-bond donors (Lipinski definition) is 1. The fourth-order valence-corrected chi connectivity index (χ4v) is 3.88. The number of ether oxygens (including phenoxy) is 2. The molecule has 2 aromatic carbocycles. The van der Waals surface area contributed by atoms with Crippen molar-refractivity contribution in [3.63, 3.8) is 0 Å². The minimum atomic E-state index is -4.51. The molecule has 1 unspecified atom stereocenters. The van der Waals surface area contributed by atoms with E-state index in [-0.39, 0.29) is 23.4 Å². The van der Waals surface area contributed by atoms with Crippen molar-refractivity contribution in [3.8, 4) is 17.2 Å². The lowest BCUT2D eigenvalue weighted by Gasteiger charge is -2.15. The molecule has 0 fully saturated rings. The van der Waals surface area contributed by atoms with Crippen LogP contribution < -0.4 is 14.8 Å². The molecule has 182 valence electrons. The number of methoxy groups -OCH3 is 1. The Bertz CT molecular complexity index is 1100. The maximum Gasteiger partial charge on any atom is 0.416 e. The minimum absolute atomic E-state index is 0.0491. The molecule has 0 bridgehead atoms. The lowest BCUT2D eigenvalue weighted by Crippen LogP contribution is -2.31. The summed E-state index contributed by atoms with van der Waals surface area (Å²) < 4.78 is 52.4. The zero-order chi connectivity index (χ0) is 24.7. The molecule has 1 atom stereocenters. The van der Waals surface area contributed by atoms with Gasteiger partial charge in [-0.1, -0.05) is 24.8 Å². The summed E-state index contributed by atoms with van der Waals surface area (Å²) in [7, 11) is 1.55. The average molecular weight is 495 g/mol. The number of aromatic nitrogens is 3. The lowest BCUT2D eigenvalue weighted by atomic mass is 10.2. The number of carbonyl (C=O) groups is 1. The Morgan fingerprint density at radius 1 is 1.15 bits per heavy atom. The first-order chi connectivity index (χ1) is 16.2. The standard InChI is InChI=1S/C23H25F3N4O3S/c1-4-12-27-21(31)15(2)34-22-29-28-20(14-33-19-10-8-18(32-3)9-11-19)30(22)17-7-5-6-16(13-17)23(24,25)26/h5-11,13,15H,4,12,14H2,1-3H3,(H,27,31). The van der Waals surface area contributed by atoms with Crippen LogP contribution in [0.3, 0.4) is 0 Å². The first-order valence-corrected chi connectivity index (χ1v) is 11.4. The highest BCUT2D eigenvalue weighted by atomic mass is 32.2. The molecule has 0 spiro atoms. The van der Waals surface area contributed by atoms with Crippen LogP contribution in [0.15, 0.2) is 53.7 Å². The van der Waals surface area contributed by atoms with E-state index in [1.807, 2.05) is 6.92 Å². The third-order valence-electron chi connectivity index (χ3n) is 4.76. The highest BCUT2D eigenvalue weighted by Gasteiger charge is 2.31. The summed E-state index contributed by atoms with van der Waals surface area (Å²) in [4.78, 5) is 12.3. The third kappa shape index (κ3) is 6.43. The normalized spacial score (nSPS) is 12.3. The number of benzene rings is 2. The van der Waals surface area contributed by atoms with Gasteiger partial charge in [0, 0.05) is 6.54 Å². The minimum Gasteiger partial charge on any atom is -0.497 e. The third-order valence-corrected chi connectivity index (χ3v) is 5.80. The summed E-state index contributed by atoms with van der Waals surface area (Å²) in [5.74, 6) is 1.29. The molecule has 0 saturated carbocycles. The quantitative estimate of drug-likeness (QED) is 0.405. The SMILES string of the molecule is CCCNC(=O)C(C)Sc1nnc(COc2ccc(OC)cc2)n1-c1cccc(C(F)(F)F)c1. The van der Waals surface area contributed by atoms with Crippen LogP contribution in [-0.2, 0) is 17.6 Å². The summed E-state index contributed by atoms with van der Waals surface area (Å²) >= 11 is 1.11. The summed E-state index contributed by atoms with van der Waals surface area (Å²) in [6.07, 6.45) is -3.72. The Labute approximate surface area is 199 Å². The molecule has 1 N–H and O–H groups in total. The highest BCUT2D eigenvalue weighted by Crippen LogP contribution is 2.32. The molecule has 3 rings (SSSR count). The first-order valence-electron chi connectivity index (χ1n) is 10.6. The second-order valence-corrected chi connectivity index (χ2v) is 8.61. The second kappa shape index (κ2) is 11.3. The molecular weight excluding hydrogens is 469 g/mol. The van der Waals surface area contributed by atoms with E-state index < -0.39 is 17.0 Å². The summed E-state index contributed by atoms with van der Waals surface area (Å²) in [6.45, 7) is 4.13. The largest absolute Gasteiger partial charge is 0.497 e. The first kappa shape index (κ1) is 25.4. The maximum atomic E-state index is 13.3. The second-order valence-electron chi connectivity index (χ2n) is 7.30. The number of halogens is 3. The Hall–Kier alpha value is -3.21. The maximum absolute atomic E-state index is 13.3. The van der Waals surface area contributed by atoms with Crippen LogP contribution in [0.1, 0.15) is 31.7 Å². The van der Waals surface area contributed by atoms with Crippen molar-refractivity contribution in [2.45, 2.75) is 43.5 Å². The van der Waals surface area contributed by atoms with Crippen LogP contribution in [0.5, 0.6) is 11.5 Å². The van der Waals surface area contributed by atoms with Gasteiger partial charge in [0.05, 0.1) is 23.6 Å². The van der Waals surface area contributed by atoms with E-state index in [2.05, 4.69) is 15.5 Å². The predicted octanol–water partition coefficient (Wildman–Crippen LogP) is 4.88. The lowest BCUT2D eigenvalue weighted by molar-refractivity contribution is -0.137. The van der Waals surface area contributed by atoms with Gasteiger partial charge in [-0.3, -0.25) is 9.36 Å². The molecule has 0 radical (unpaired) electrons. The number of amides is 1. The van der Waals surface area contributed by atoms with E-state index in [4.69, 9.17) is 9.47 Å². The number of carbonyl (C=O) groups excluding carboxylic acids is 1. The van der Waals surface area contributed by atoms with Crippen molar-refractivity contribution in [2.24, 2.45) is 0 Å². The van der Waals surface area contributed by atoms with E-state index in [1.165, 1.54) is 16.7 Å². The Morgan fingerprint density at radius 3 is 2.50 bits per heavy atom. The number of nitrogens with one attached hydrogen (secondary N) is 1. The Balaban J connectivity index is 1.91. The van der Waals surface area contributed by atoms with Gasteiger partial charge in [-0.05, 0) is 55.8 Å². The zero-order valence-corrected chi connectivity index (χ0v) is 19.7. The number of rotatable bonds is 10. The van der Waals surface area contributed by atoms with Gasteiger partial charge in [0.2, 0.25) is 5.91 Å². The van der Waals surface area contributed by atoms with Crippen LogP contribution in [0.4, 0.5) is 13.2 Å². The van der Waals surface area contributed by atoms with Crippen LogP contribution >= 0.6 is 11.8 Å². The van der Waals surface area contributed by atoms with Crippen LogP contribution in [0.2, 0.25) is 0 Å². The van der Waals surface area contributed by atoms with Crippen molar-refractivity contribution >= 4 is 17.7 Å². The molecule has 34 heavy (non-hydrogen) atoms. The fourth-order valence-electron chi connectivity index (χ4n) is 2.97. The molecule has 3 aromatic rings. The number of nitrogens with zero attached hydrogens (tertiary/aromatic N) is 3. The molecule has 7 nitrogen and oxygen atoms in total. The summed E-state index contributed by atoms with van der Waals surface area (Å²) in [6, 6.07) is 11.7. The molecule has 0 aliphatic carbocycles. The van der Waals surface area contributed by atoms with E-state index in [0.29, 0.717) is 23.9 Å². The predicted molar refractivity (Wildman–Crippen MR) is 122 cm³/mol. The van der Waals surface area contributed by atoms with E-state index >= 15 is 0 Å². The van der Waals surface area contributed by atoms with Crippen molar-refractivity contribution in [2.75, 3.05) is 13.7 Å². The van der Waals surface area contributed by atoms with Gasteiger partial charge in [0.15, 0.2) is 11.0 Å². The van der Waals surface area contributed by atoms with E-state index in [1.54, 1.807) is 38.3 Å². The topological polar surface area (TPSA) is 78.3 Å². The smallest absolute Gasteiger partial charge is 0.416 e. The summed E-state index contributed by atoms with van der Waals surface area (Å²) in [5, 5.41) is 10.8. The average Bonchev–Trinajstić information content (AvgIpc) is 3.23. The Morgan fingerprint density at radius 2 is 1.85 bits per heavy atom. The van der Waals surface area contributed by atoms with Gasteiger partial charge < -0.3 is 14.8 Å². The van der Waals surface area contributed by atoms with Crippen LogP contribution in [-0.4, -0.2) is 39.6 Å². The van der Waals surface area contributed by atoms with Gasteiger partial charge in [-0.25, -0.2) is 0 Å². The molecular formula is C23H25F3N4O3S. The molecule has 0 saturated heterocycles. The molecule has 1 amide bonds. The van der Waals surface area contributed by atoms with Crippen molar-refractivity contribution < 1.29 is 27.4 Å². The fraction of sp³-hybridized carbons (Fsp3) is 0.348. The monoisotopic (exact) mass is 494 g/mol. The molecule has 0 aliphatic heterocycles. The number of hydrogen-bond acceptors (Lipinski definition) is 6. The van der Waals surface area contributed by atoms with Crippen LogP contribution in [0, 0.1) is 0 Å². The van der Waals surface area contributed by atoms with Gasteiger partial charge in [-0.2, -0.15) is 13.2 Å². The van der Waals surface area contributed by atoms with E-state index in [9.17, 15) is 18.0 Å². The van der Waals surface area contributed by atoms with Crippen molar-refractivity contribution in [1.29, 1.82) is 0 Å². The van der Waals surface area contributed by atoms with Gasteiger partial charge in [-0.15, -0.1) is 10.2 Å². The van der Waals surface area contributed by atoms with Crippen molar-refractivity contribution in [3.05, 3.63) is 59.9 Å². The van der Waals surface area contributed by atoms with E-state index in [0.717, 1.165) is 30.3 Å². The van der Waals surface area contributed by atoms with Crippen molar-refractivity contribution in [1.82, 2.24) is 20.1 Å². The number of thioether (sulfide) groups is 1. The summed E-state index contributed by atoms with van der Waals surface area (Å²) in [5.41, 5.74) is -0.581. The van der Waals surface area contributed by atoms with Gasteiger partial charge in [0.1, 0.15) is 18.1 Å².